The van der Waals surface area contributed by atoms with Gasteiger partial charge in [0.15, 0.2) is 0 Å². The van der Waals surface area contributed by atoms with Gasteiger partial charge in [-0.05, 0) is 43.5 Å². The number of aliphatic hydroxyl groups excluding tert-OH is 1. The van der Waals surface area contributed by atoms with Crippen LogP contribution in [0, 0.1) is 11.8 Å². The lowest BCUT2D eigenvalue weighted by atomic mass is 9.96. The maximum atomic E-state index is 12.3. The lowest BCUT2D eigenvalue weighted by Crippen LogP contribution is -2.37. The molecule has 1 amide bonds. The fourth-order valence-corrected chi connectivity index (χ4v) is 3.22. The number of hydrogen-bond acceptors (Lipinski definition) is 4. The van der Waals surface area contributed by atoms with Crippen LogP contribution in [0.4, 0.5) is 5.69 Å². The second-order valence-corrected chi connectivity index (χ2v) is 6.61. The zero-order valence-electron chi connectivity index (χ0n) is 15.2. The molecule has 2 rings (SSSR count). The SMILES string of the molecule is CO[C@@H](c1ccc(NC(=O)C2CCCNC2)cc1)[C@@H](C)/C=C/CCO. The summed E-state index contributed by atoms with van der Waals surface area (Å²) in [7, 11) is 1.70. The molecule has 1 saturated heterocycles. The number of aliphatic hydroxyl groups is 1. The summed E-state index contributed by atoms with van der Waals surface area (Å²) >= 11 is 0. The summed E-state index contributed by atoms with van der Waals surface area (Å²) in [5.74, 6) is 0.339. The van der Waals surface area contributed by atoms with Gasteiger partial charge in [0.05, 0.1) is 12.0 Å². The number of carbonyl (C=O) groups is 1. The normalized spacial score (nSPS) is 20.4. The molecular formula is C20H30N2O3. The zero-order chi connectivity index (χ0) is 18.1. The highest BCUT2D eigenvalue weighted by Crippen LogP contribution is 2.27. The first-order valence-corrected chi connectivity index (χ1v) is 9.07. The fourth-order valence-electron chi connectivity index (χ4n) is 3.22. The predicted octanol–water partition coefficient (Wildman–Crippen LogP) is 2.89. The second kappa shape index (κ2) is 10.3. The molecule has 3 N–H and O–H groups in total. The first-order chi connectivity index (χ1) is 12.2. The molecule has 1 aliphatic heterocycles. The van der Waals surface area contributed by atoms with Gasteiger partial charge in [-0.2, -0.15) is 0 Å². The molecule has 0 bridgehead atoms. The third kappa shape index (κ3) is 5.96. The minimum Gasteiger partial charge on any atom is -0.396 e. The third-order valence-corrected chi connectivity index (χ3v) is 4.64. The average molecular weight is 346 g/mol. The number of carbonyl (C=O) groups excluding carboxylic acids is 1. The molecule has 1 aromatic carbocycles. The molecule has 1 unspecified atom stereocenters. The van der Waals surface area contributed by atoms with Crippen molar-refractivity contribution in [3.05, 3.63) is 42.0 Å². The molecule has 0 radical (unpaired) electrons. The van der Waals surface area contributed by atoms with Crippen LogP contribution in [0.5, 0.6) is 0 Å². The van der Waals surface area contributed by atoms with Gasteiger partial charge in [-0.1, -0.05) is 31.2 Å². The largest absolute Gasteiger partial charge is 0.396 e. The van der Waals surface area contributed by atoms with Crippen LogP contribution in [0.3, 0.4) is 0 Å². The summed E-state index contributed by atoms with van der Waals surface area (Å²) in [6, 6.07) is 7.86. The van der Waals surface area contributed by atoms with Gasteiger partial charge in [0.1, 0.15) is 0 Å². The van der Waals surface area contributed by atoms with Crippen LogP contribution < -0.4 is 10.6 Å². The van der Waals surface area contributed by atoms with Crippen LogP contribution in [0.25, 0.3) is 0 Å². The summed E-state index contributed by atoms with van der Waals surface area (Å²) in [5.41, 5.74) is 1.89. The van der Waals surface area contributed by atoms with E-state index in [4.69, 9.17) is 9.84 Å². The highest BCUT2D eigenvalue weighted by atomic mass is 16.5. The van der Waals surface area contributed by atoms with E-state index in [1.54, 1.807) is 7.11 Å². The quantitative estimate of drug-likeness (QED) is 0.633. The van der Waals surface area contributed by atoms with Crippen molar-refractivity contribution in [2.45, 2.75) is 32.3 Å². The average Bonchev–Trinajstić information content (AvgIpc) is 2.64. The van der Waals surface area contributed by atoms with Crippen molar-refractivity contribution in [1.82, 2.24) is 5.32 Å². The minimum absolute atomic E-state index is 0.0526. The van der Waals surface area contributed by atoms with Crippen molar-refractivity contribution >= 4 is 11.6 Å². The Morgan fingerprint density at radius 3 is 2.80 bits per heavy atom. The molecule has 1 aromatic rings. The summed E-state index contributed by atoms with van der Waals surface area (Å²) < 4.78 is 5.64. The molecular weight excluding hydrogens is 316 g/mol. The van der Waals surface area contributed by atoms with E-state index in [2.05, 4.69) is 23.6 Å². The van der Waals surface area contributed by atoms with Crippen LogP contribution in [-0.4, -0.2) is 37.8 Å². The topological polar surface area (TPSA) is 70.6 Å². The maximum Gasteiger partial charge on any atom is 0.228 e. The molecule has 3 atom stereocenters. The Kier molecular flexibility index (Phi) is 8.12. The van der Waals surface area contributed by atoms with Crippen LogP contribution >= 0.6 is 0 Å². The van der Waals surface area contributed by atoms with E-state index in [0.717, 1.165) is 37.2 Å². The lowest BCUT2D eigenvalue weighted by molar-refractivity contribution is -0.120. The standard InChI is InChI=1S/C20H30N2O3/c1-15(6-3-4-13-23)19(25-2)16-8-10-18(11-9-16)22-20(24)17-7-5-12-21-14-17/h3,6,8-11,15,17,19,21,23H,4-5,7,12-14H2,1-2H3,(H,22,24)/b6-3+/t15-,17?,19+/m0/s1. The van der Waals surface area contributed by atoms with Crippen LogP contribution in [0.15, 0.2) is 36.4 Å². The number of hydrogen-bond donors (Lipinski definition) is 3. The molecule has 0 aliphatic carbocycles. The number of benzene rings is 1. The highest BCUT2D eigenvalue weighted by molar-refractivity contribution is 5.92. The smallest absolute Gasteiger partial charge is 0.228 e. The van der Waals surface area contributed by atoms with Gasteiger partial charge in [0.2, 0.25) is 5.91 Å². The molecule has 25 heavy (non-hydrogen) atoms. The molecule has 5 nitrogen and oxygen atoms in total. The van der Waals surface area contributed by atoms with Gasteiger partial charge in [-0.3, -0.25) is 4.79 Å². The van der Waals surface area contributed by atoms with Crippen molar-refractivity contribution in [2.75, 3.05) is 32.1 Å². The summed E-state index contributed by atoms with van der Waals surface area (Å²) in [6.07, 6.45) is 6.64. The molecule has 0 saturated carbocycles. The maximum absolute atomic E-state index is 12.3. The minimum atomic E-state index is -0.0535. The number of amides is 1. The van der Waals surface area contributed by atoms with Crippen LogP contribution in [0.1, 0.15) is 37.9 Å². The van der Waals surface area contributed by atoms with Gasteiger partial charge in [0.25, 0.3) is 0 Å². The molecule has 1 fully saturated rings. The first kappa shape index (κ1) is 19.6. The van der Waals surface area contributed by atoms with Crippen LogP contribution in [0.2, 0.25) is 0 Å². The number of ether oxygens (including phenoxy) is 1. The predicted molar refractivity (Wildman–Crippen MR) is 100 cm³/mol. The molecule has 1 aliphatic rings. The van der Waals surface area contributed by atoms with Crippen molar-refractivity contribution in [2.24, 2.45) is 11.8 Å². The molecule has 5 heteroatoms. The number of methoxy groups -OCH3 is 1. The van der Waals surface area contributed by atoms with E-state index in [9.17, 15) is 4.79 Å². The van der Waals surface area contributed by atoms with Crippen molar-refractivity contribution in [1.29, 1.82) is 0 Å². The summed E-state index contributed by atoms with van der Waals surface area (Å²) in [5, 5.41) is 15.1. The molecule has 0 aromatic heterocycles. The Morgan fingerprint density at radius 1 is 1.44 bits per heavy atom. The molecule has 1 heterocycles. The molecule has 138 valence electrons. The van der Waals surface area contributed by atoms with Gasteiger partial charge in [-0.15, -0.1) is 0 Å². The van der Waals surface area contributed by atoms with Crippen molar-refractivity contribution < 1.29 is 14.6 Å². The van der Waals surface area contributed by atoms with E-state index in [0.29, 0.717) is 6.42 Å². The van der Waals surface area contributed by atoms with Gasteiger partial charge in [-0.25, -0.2) is 0 Å². The number of piperidine rings is 1. The highest BCUT2D eigenvalue weighted by Gasteiger charge is 2.21. The Hall–Kier alpha value is -1.69. The van der Waals surface area contributed by atoms with Crippen molar-refractivity contribution in [3.8, 4) is 0 Å². The van der Waals surface area contributed by atoms with Gasteiger partial charge in [0, 0.05) is 31.9 Å². The van der Waals surface area contributed by atoms with E-state index in [1.165, 1.54) is 0 Å². The van der Waals surface area contributed by atoms with Gasteiger partial charge >= 0.3 is 0 Å². The Labute approximate surface area is 150 Å². The van der Waals surface area contributed by atoms with Crippen molar-refractivity contribution in [3.63, 3.8) is 0 Å². The monoisotopic (exact) mass is 346 g/mol. The lowest BCUT2D eigenvalue weighted by Gasteiger charge is -2.23. The number of rotatable bonds is 8. The Bertz CT molecular complexity index is 551. The third-order valence-electron chi connectivity index (χ3n) is 4.64. The molecule has 0 spiro atoms. The Morgan fingerprint density at radius 2 is 2.20 bits per heavy atom. The van der Waals surface area contributed by atoms with E-state index < -0.39 is 0 Å². The second-order valence-electron chi connectivity index (χ2n) is 6.61. The Balaban J connectivity index is 1.96. The zero-order valence-corrected chi connectivity index (χ0v) is 15.2. The van der Waals surface area contributed by atoms with Gasteiger partial charge < -0.3 is 20.5 Å². The van der Waals surface area contributed by atoms with E-state index in [1.807, 2.05) is 30.3 Å². The van der Waals surface area contributed by atoms with Crippen LogP contribution in [-0.2, 0) is 9.53 Å². The summed E-state index contributed by atoms with van der Waals surface area (Å²) in [6.45, 7) is 4.01. The first-order valence-electron chi connectivity index (χ1n) is 9.07. The number of anilines is 1. The summed E-state index contributed by atoms with van der Waals surface area (Å²) in [4.78, 5) is 12.3. The fraction of sp³-hybridized carbons (Fsp3) is 0.550. The number of nitrogens with one attached hydrogen (secondary N) is 2. The van der Waals surface area contributed by atoms with E-state index in [-0.39, 0.29) is 30.5 Å². The van der Waals surface area contributed by atoms with E-state index >= 15 is 0 Å².